The fourth-order valence-electron chi connectivity index (χ4n) is 2.94. The molecule has 0 unspecified atom stereocenters. The Hall–Kier alpha value is -3.79. The molecular weight excluding hydrogens is 453 g/mol. The molecule has 0 aliphatic carbocycles. The number of carbonyl (C=O) groups excluding carboxylic acids is 1. The molecule has 1 N–H and O–H groups in total. The number of nitrogens with one attached hydrogen (secondary N) is 1. The number of thioether (sulfide) groups is 1. The fourth-order valence-corrected chi connectivity index (χ4v) is 3.71. The molecule has 168 valence electrons. The van der Waals surface area contributed by atoms with E-state index in [1.807, 2.05) is 30.3 Å². The number of para-hydroxylation sites is 2. The van der Waals surface area contributed by atoms with Gasteiger partial charge in [0.05, 0.1) is 11.4 Å². The van der Waals surface area contributed by atoms with Crippen LogP contribution in [0.15, 0.2) is 78.0 Å². The van der Waals surface area contributed by atoms with Crippen molar-refractivity contribution in [2.45, 2.75) is 11.8 Å². The van der Waals surface area contributed by atoms with E-state index in [0.29, 0.717) is 16.7 Å². The van der Waals surface area contributed by atoms with Crippen molar-refractivity contribution >= 4 is 23.4 Å². The first kappa shape index (κ1) is 22.4. The number of rotatable bonds is 8. The van der Waals surface area contributed by atoms with Gasteiger partial charge in [-0.3, -0.25) is 9.36 Å². The van der Waals surface area contributed by atoms with E-state index in [1.54, 1.807) is 16.7 Å². The van der Waals surface area contributed by atoms with Crippen molar-refractivity contribution in [3.8, 4) is 11.4 Å². The minimum Gasteiger partial charge on any atom is -0.483 e. The van der Waals surface area contributed by atoms with Gasteiger partial charge in [-0.1, -0.05) is 42.1 Å². The van der Waals surface area contributed by atoms with Crippen LogP contribution < -0.4 is 10.1 Å². The van der Waals surface area contributed by atoms with Crippen molar-refractivity contribution in [3.05, 3.63) is 96.1 Å². The van der Waals surface area contributed by atoms with E-state index in [-0.39, 0.29) is 23.8 Å². The number of halogens is 3. The van der Waals surface area contributed by atoms with Crippen LogP contribution in [-0.2, 0) is 11.4 Å². The molecule has 4 rings (SSSR count). The predicted octanol–water partition coefficient (Wildman–Crippen LogP) is 4.99. The number of carbonyl (C=O) groups is 1. The highest BCUT2D eigenvalue weighted by atomic mass is 32.2. The monoisotopic (exact) mass is 470 g/mol. The van der Waals surface area contributed by atoms with Crippen LogP contribution in [0.5, 0.6) is 5.75 Å². The smallest absolute Gasteiger partial charge is 0.234 e. The molecule has 3 aromatic carbocycles. The van der Waals surface area contributed by atoms with Gasteiger partial charge in [-0.2, -0.15) is 0 Å². The minimum atomic E-state index is -0.741. The molecule has 0 radical (unpaired) electrons. The van der Waals surface area contributed by atoms with Crippen molar-refractivity contribution in [3.63, 3.8) is 0 Å². The summed E-state index contributed by atoms with van der Waals surface area (Å²) in [5, 5.41) is 11.0. The molecule has 0 bridgehead atoms. The summed E-state index contributed by atoms with van der Waals surface area (Å²) in [5.41, 5.74) is 0.470. The van der Waals surface area contributed by atoms with Crippen LogP contribution >= 0.6 is 11.8 Å². The van der Waals surface area contributed by atoms with E-state index >= 15 is 0 Å². The maximum absolute atomic E-state index is 13.9. The summed E-state index contributed by atoms with van der Waals surface area (Å²) in [6.07, 6.45) is 0. The summed E-state index contributed by atoms with van der Waals surface area (Å²) in [6, 6.07) is 18.0. The van der Waals surface area contributed by atoms with Crippen LogP contribution in [0.4, 0.5) is 18.9 Å². The van der Waals surface area contributed by atoms with Gasteiger partial charge in [-0.15, -0.1) is 10.2 Å². The Morgan fingerprint density at radius 3 is 2.48 bits per heavy atom. The first-order chi connectivity index (χ1) is 16.0. The number of anilines is 1. The second-order valence-corrected chi connectivity index (χ2v) is 7.69. The van der Waals surface area contributed by atoms with Gasteiger partial charge in [0.1, 0.15) is 18.2 Å². The number of aromatic nitrogens is 3. The first-order valence-corrected chi connectivity index (χ1v) is 10.7. The second kappa shape index (κ2) is 10.2. The highest BCUT2D eigenvalue weighted by Gasteiger charge is 2.17. The maximum atomic E-state index is 13.9. The van der Waals surface area contributed by atoms with Crippen LogP contribution in [0.2, 0.25) is 0 Å². The number of ether oxygens (including phenoxy) is 1. The number of amides is 1. The third-order valence-electron chi connectivity index (χ3n) is 4.44. The van der Waals surface area contributed by atoms with Crippen LogP contribution in [-0.4, -0.2) is 26.4 Å². The minimum absolute atomic E-state index is 0.0654. The quantitative estimate of drug-likeness (QED) is 0.367. The third-order valence-corrected chi connectivity index (χ3v) is 5.37. The Morgan fingerprint density at radius 2 is 1.70 bits per heavy atom. The summed E-state index contributed by atoms with van der Waals surface area (Å²) in [6.45, 7) is -0.0654. The van der Waals surface area contributed by atoms with Crippen molar-refractivity contribution in [1.29, 1.82) is 0 Å². The first-order valence-electron chi connectivity index (χ1n) is 9.76. The molecule has 4 aromatic rings. The summed E-state index contributed by atoms with van der Waals surface area (Å²) in [5.74, 6) is -2.11. The topological polar surface area (TPSA) is 69.0 Å². The Labute approximate surface area is 191 Å². The van der Waals surface area contributed by atoms with Gasteiger partial charge in [0.25, 0.3) is 0 Å². The number of hydrogen-bond donors (Lipinski definition) is 1. The van der Waals surface area contributed by atoms with Gasteiger partial charge in [0.2, 0.25) is 5.91 Å². The SMILES string of the molecule is O=C(CSc1nnc(COc2ccccc2F)n1-c1ccccc1)Nc1cc(F)ccc1F. The number of benzene rings is 3. The van der Waals surface area contributed by atoms with Crippen LogP contribution in [0.3, 0.4) is 0 Å². The Bertz CT molecular complexity index is 1270. The Kier molecular flexibility index (Phi) is 6.94. The van der Waals surface area contributed by atoms with Gasteiger partial charge in [-0.05, 0) is 36.4 Å². The van der Waals surface area contributed by atoms with E-state index in [9.17, 15) is 18.0 Å². The lowest BCUT2D eigenvalue weighted by molar-refractivity contribution is -0.113. The zero-order chi connectivity index (χ0) is 23.2. The van der Waals surface area contributed by atoms with E-state index in [2.05, 4.69) is 15.5 Å². The molecule has 0 saturated heterocycles. The van der Waals surface area contributed by atoms with Crippen LogP contribution in [0.1, 0.15) is 5.82 Å². The fraction of sp³-hybridized carbons (Fsp3) is 0.0870. The average molecular weight is 470 g/mol. The van der Waals surface area contributed by atoms with E-state index in [4.69, 9.17) is 4.74 Å². The molecule has 1 heterocycles. The highest BCUT2D eigenvalue weighted by Crippen LogP contribution is 2.24. The molecule has 6 nitrogen and oxygen atoms in total. The second-order valence-electron chi connectivity index (χ2n) is 6.75. The largest absolute Gasteiger partial charge is 0.483 e. The zero-order valence-corrected chi connectivity index (χ0v) is 17.9. The third kappa shape index (κ3) is 5.53. The number of hydrogen-bond acceptors (Lipinski definition) is 5. The highest BCUT2D eigenvalue weighted by molar-refractivity contribution is 7.99. The van der Waals surface area contributed by atoms with E-state index in [1.165, 1.54) is 12.1 Å². The molecule has 0 atom stereocenters. The average Bonchev–Trinajstić information content (AvgIpc) is 3.23. The summed E-state index contributed by atoms with van der Waals surface area (Å²) in [4.78, 5) is 12.3. The lowest BCUT2D eigenvalue weighted by Gasteiger charge is -2.11. The molecule has 0 aliphatic rings. The summed E-state index contributed by atoms with van der Waals surface area (Å²) in [7, 11) is 0. The molecule has 0 aliphatic heterocycles. The molecular formula is C23H17F3N4O2S. The zero-order valence-electron chi connectivity index (χ0n) is 17.0. The maximum Gasteiger partial charge on any atom is 0.234 e. The van der Waals surface area contributed by atoms with Gasteiger partial charge < -0.3 is 10.1 Å². The normalized spacial score (nSPS) is 10.8. The van der Waals surface area contributed by atoms with Crippen molar-refractivity contribution in [1.82, 2.24) is 14.8 Å². The van der Waals surface area contributed by atoms with Gasteiger partial charge in [0.15, 0.2) is 22.5 Å². The molecule has 0 spiro atoms. The lowest BCUT2D eigenvalue weighted by atomic mass is 10.3. The van der Waals surface area contributed by atoms with E-state index in [0.717, 1.165) is 30.0 Å². The number of nitrogens with zero attached hydrogens (tertiary/aromatic N) is 3. The standard InChI is InChI=1S/C23H17F3N4O2S/c24-15-10-11-17(25)19(12-15)27-22(31)14-33-23-29-28-21(30(23)16-6-2-1-3-7-16)13-32-20-9-5-4-8-18(20)26/h1-12H,13-14H2,(H,27,31). The van der Waals surface area contributed by atoms with Crippen molar-refractivity contribution < 1.29 is 22.7 Å². The predicted molar refractivity (Wildman–Crippen MR) is 118 cm³/mol. The summed E-state index contributed by atoms with van der Waals surface area (Å²) >= 11 is 1.06. The molecule has 10 heteroatoms. The van der Waals surface area contributed by atoms with Gasteiger partial charge >= 0.3 is 0 Å². The lowest BCUT2D eigenvalue weighted by Crippen LogP contribution is -2.16. The Morgan fingerprint density at radius 1 is 0.939 bits per heavy atom. The molecule has 0 fully saturated rings. The molecule has 0 saturated carbocycles. The van der Waals surface area contributed by atoms with Gasteiger partial charge in [-0.25, -0.2) is 13.2 Å². The Balaban J connectivity index is 1.51. The molecule has 33 heavy (non-hydrogen) atoms. The van der Waals surface area contributed by atoms with Crippen LogP contribution in [0.25, 0.3) is 5.69 Å². The van der Waals surface area contributed by atoms with E-state index < -0.39 is 23.4 Å². The van der Waals surface area contributed by atoms with Gasteiger partial charge in [0, 0.05) is 11.8 Å². The molecule has 1 amide bonds. The van der Waals surface area contributed by atoms with Crippen molar-refractivity contribution in [2.24, 2.45) is 0 Å². The summed E-state index contributed by atoms with van der Waals surface area (Å²) < 4.78 is 48.3. The molecule has 1 aromatic heterocycles. The van der Waals surface area contributed by atoms with Crippen molar-refractivity contribution in [2.75, 3.05) is 11.1 Å². The van der Waals surface area contributed by atoms with Crippen LogP contribution in [0, 0.1) is 17.5 Å².